The zero-order valence-corrected chi connectivity index (χ0v) is 12.6. The lowest BCUT2D eigenvalue weighted by Gasteiger charge is -2.07. The van der Waals surface area contributed by atoms with Crippen LogP contribution < -0.4 is 10.6 Å². The van der Waals surface area contributed by atoms with Gasteiger partial charge in [0.1, 0.15) is 0 Å². The number of benzene rings is 1. The minimum absolute atomic E-state index is 0.768. The van der Waals surface area contributed by atoms with Crippen molar-refractivity contribution in [3.05, 3.63) is 33.3 Å². The van der Waals surface area contributed by atoms with E-state index in [-0.39, 0.29) is 0 Å². The Balaban J connectivity index is 2.14. The zero-order chi connectivity index (χ0) is 12.5. The molecule has 0 radical (unpaired) electrons. The molecular formula is C13H20BrClN2. The molecule has 0 saturated carbocycles. The van der Waals surface area contributed by atoms with E-state index in [0.29, 0.717) is 0 Å². The van der Waals surface area contributed by atoms with Gasteiger partial charge in [-0.3, -0.25) is 0 Å². The van der Waals surface area contributed by atoms with Gasteiger partial charge in [-0.1, -0.05) is 40.5 Å². The van der Waals surface area contributed by atoms with Crippen LogP contribution in [-0.2, 0) is 6.54 Å². The van der Waals surface area contributed by atoms with Crippen LogP contribution in [0.3, 0.4) is 0 Å². The van der Waals surface area contributed by atoms with Crippen LogP contribution in [0.4, 0.5) is 0 Å². The standard InChI is InChI=1S/C13H20BrClN2/c1-2-6-16-7-3-8-17-10-11-4-5-12(15)9-13(11)14/h4-5,9,16-17H,2-3,6-8,10H2,1H3. The molecule has 4 heteroatoms. The fraction of sp³-hybridized carbons (Fsp3) is 0.538. The Hall–Kier alpha value is -0.0900. The lowest BCUT2D eigenvalue weighted by Crippen LogP contribution is -2.22. The normalized spacial score (nSPS) is 10.8. The van der Waals surface area contributed by atoms with Crippen LogP contribution >= 0.6 is 27.5 Å². The molecule has 0 aliphatic heterocycles. The van der Waals surface area contributed by atoms with Crippen LogP contribution in [0.1, 0.15) is 25.3 Å². The third-order valence-electron chi connectivity index (χ3n) is 2.46. The molecule has 0 bridgehead atoms. The quantitative estimate of drug-likeness (QED) is 0.716. The second-order valence-corrected chi connectivity index (χ2v) is 5.31. The maximum atomic E-state index is 5.89. The molecule has 0 aliphatic carbocycles. The Kier molecular flexibility index (Phi) is 7.86. The van der Waals surface area contributed by atoms with Gasteiger partial charge in [0.25, 0.3) is 0 Å². The van der Waals surface area contributed by atoms with E-state index in [4.69, 9.17) is 11.6 Å². The summed E-state index contributed by atoms with van der Waals surface area (Å²) in [5.74, 6) is 0. The van der Waals surface area contributed by atoms with Crippen molar-refractivity contribution < 1.29 is 0 Å². The lowest BCUT2D eigenvalue weighted by atomic mass is 10.2. The molecule has 1 aromatic carbocycles. The van der Waals surface area contributed by atoms with E-state index < -0.39 is 0 Å². The van der Waals surface area contributed by atoms with Gasteiger partial charge in [0.2, 0.25) is 0 Å². The van der Waals surface area contributed by atoms with Crippen molar-refractivity contribution in [2.45, 2.75) is 26.3 Å². The first-order chi connectivity index (χ1) is 8.24. The molecule has 0 spiro atoms. The molecule has 0 aromatic heterocycles. The monoisotopic (exact) mass is 318 g/mol. The summed E-state index contributed by atoms with van der Waals surface area (Å²) < 4.78 is 1.07. The maximum absolute atomic E-state index is 5.89. The first-order valence-corrected chi connectivity index (χ1v) is 7.26. The van der Waals surface area contributed by atoms with Gasteiger partial charge < -0.3 is 10.6 Å². The highest BCUT2D eigenvalue weighted by Gasteiger charge is 1.99. The fourth-order valence-corrected chi connectivity index (χ4v) is 2.35. The number of hydrogen-bond acceptors (Lipinski definition) is 2. The van der Waals surface area contributed by atoms with Crippen LogP contribution in [0.15, 0.2) is 22.7 Å². The average Bonchev–Trinajstić information content (AvgIpc) is 2.30. The fourth-order valence-electron chi connectivity index (χ4n) is 1.53. The molecule has 0 atom stereocenters. The number of hydrogen-bond donors (Lipinski definition) is 2. The van der Waals surface area contributed by atoms with Crippen molar-refractivity contribution in [2.75, 3.05) is 19.6 Å². The Morgan fingerprint density at radius 1 is 1.18 bits per heavy atom. The van der Waals surface area contributed by atoms with Gasteiger partial charge >= 0.3 is 0 Å². The molecule has 0 saturated heterocycles. The van der Waals surface area contributed by atoms with Gasteiger partial charge in [0.05, 0.1) is 0 Å². The van der Waals surface area contributed by atoms with Crippen molar-refractivity contribution >= 4 is 27.5 Å². The van der Waals surface area contributed by atoms with Crippen LogP contribution in [0, 0.1) is 0 Å². The van der Waals surface area contributed by atoms with E-state index >= 15 is 0 Å². The van der Waals surface area contributed by atoms with E-state index in [1.807, 2.05) is 12.1 Å². The Labute approximate surface area is 117 Å². The van der Waals surface area contributed by atoms with Crippen molar-refractivity contribution in [1.29, 1.82) is 0 Å². The van der Waals surface area contributed by atoms with E-state index in [2.05, 4.69) is 39.6 Å². The van der Waals surface area contributed by atoms with Crippen molar-refractivity contribution in [2.24, 2.45) is 0 Å². The Morgan fingerprint density at radius 2 is 1.94 bits per heavy atom. The lowest BCUT2D eigenvalue weighted by molar-refractivity contribution is 0.592. The minimum Gasteiger partial charge on any atom is -0.317 e. The van der Waals surface area contributed by atoms with Crippen LogP contribution in [-0.4, -0.2) is 19.6 Å². The topological polar surface area (TPSA) is 24.1 Å². The van der Waals surface area contributed by atoms with Crippen molar-refractivity contribution in [1.82, 2.24) is 10.6 Å². The summed E-state index contributed by atoms with van der Waals surface area (Å²) in [5, 5.41) is 7.58. The molecule has 0 unspecified atom stereocenters. The minimum atomic E-state index is 0.768. The molecule has 2 nitrogen and oxygen atoms in total. The molecule has 0 amide bonds. The number of halogens is 2. The first kappa shape index (κ1) is 15.0. The van der Waals surface area contributed by atoms with Gasteiger partial charge in [0.15, 0.2) is 0 Å². The second kappa shape index (κ2) is 8.92. The number of rotatable bonds is 8. The summed E-state index contributed by atoms with van der Waals surface area (Å²) in [6.07, 6.45) is 2.36. The van der Waals surface area contributed by atoms with Crippen molar-refractivity contribution in [3.8, 4) is 0 Å². The molecule has 0 heterocycles. The van der Waals surface area contributed by atoms with Gasteiger partial charge in [0, 0.05) is 16.0 Å². The second-order valence-electron chi connectivity index (χ2n) is 4.02. The first-order valence-electron chi connectivity index (χ1n) is 6.09. The van der Waals surface area contributed by atoms with Gasteiger partial charge in [-0.2, -0.15) is 0 Å². The Bertz CT molecular complexity index is 331. The summed E-state index contributed by atoms with van der Waals surface area (Å²) in [6.45, 7) is 6.30. The Morgan fingerprint density at radius 3 is 2.65 bits per heavy atom. The molecule has 0 fully saturated rings. The predicted octanol–water partition coefficient (Wildman–Crippen LogP) is 3.58. The molecule has 2 N–H and O–H groups in total. The van der Waals surface area contributed by atoms with Crippen molar-refractivity contribution in [3.63, 3.8) is 0 Å². The molecule has 17 heavy (non-hydrogen) atoms. The van der Waals surface area contributed by atoms with E-state index in [1.165, 1.54) is 12.0 Å². The largest absolute Gasteiger partial charge is 0.317 e. The van der Waals surface area contributed by atoms with Gasteiger partial charge in [-0.25, -0.2) is 0 Å². The zero-order valence-electron chi connectivity index (χ0n) is 10.2. The van der Waals surface area contributed by atoms with E-state index in [9.17, 15) is 0 Å². The van der Waals surface area contributed by atoms with Gasteiger partial charge in [-0.15, -0.1) is 0 Å². The predicted molar refractivity (Wildman–Crippen MR) is 78.6 cm³/mol. The molecule has 1 aromatic rings. The highest BCUT2D eigenvalue weighted by Crippen LogP contribution is 2.21. The van der Waals surface area contributed by atoms with Crippen LogP contribution in [0.25, 0.3) is 0 Å². The highest BCUT2D eigenvalue weighted by atomic mass is 79.9. The summed E-state index contributed by atoms with van der Waals surface area (Å²) in [5.41, 5.74) is 1.25. The SMILES string of the molecule is CCCNCCCNCc1ccc(Cl)cc1Br. The third-order valence-corrected chi connectivity index (χ3v) is 3.44. The van der Waals surface area contributed by atoms with E-state index in [0.717, 1.165) is 42.1 Å². The molecule has 1 rings (SSSR count). The molecule has 0 aliphatic rings. The molecule has 96 valence electrons. The summed E-state index contributed by atoms with van der Waals surface area (Å²) >= 11 is 9.40. The summed E-state index contributed by atoms with van der Waals surface area (Å²) in [7, 11) is 0. The summed E-state index contributed by atoms with van der Waals surface area (Å²) in [4.78, 5) is 0. The maximum Gasteiger partial charge on any atom is 0.0417 e. The average molecular weight is 320 g/mol. The highest BCUT2D eigenvalue weighted by molar-refractivity contribution is 9.10. The van der Waals surface area contributed by atoms with Crippen LogP contribution in [0.2, 0.25) is 5.02 Å². The smallest absolute Gasteiger partial charge is 0.0417 e. The number of nitrogens with one attached hydrogen (secondary N) is 2. The van der Waals surface area contributed by atoms with Gasteiger partial charge in [-0.05, 0) is 50.2 Å². The third kappa shape index (κ3) is 6.41. The van der Waals surface area contributed by atoms with E-state index in [1.54, 1.807) is 0 Å². The van der Waals surface area contributed by atoms with Crippen LogP contribution in [0.5, 0.6) is 0 Å². The molecular weight excluding hydrogens is 300 g/mol. The summed E-state index contributed by atoms with van der Waals surface area (Å²) in [6, 6.07) is 5.91.